The van der Waals surface area contributed by atoms with Crippen LogP contribution in [-0.4, -0.2) is 42.5 Å². The number of benzene rings is 1. The Kier molecular flexibility index (Phi) is 7.48. The molecule has 3 rings (SSSR count). The number of carbonyl (C=O) groups is 1. The van der Waals surface area contributed by atoms with Crippen LogP contribution < -0.4 is 9.47 Å². The third-order valence-electron chi connectivity index (χ3n) is 5.08. The highest BCUT2D eigenvalue weighted by Gasteiger charge is 2.18. The minimum atomic E-state index is -1.08. The molecule has 0 spiro atoms. The number of fused-ring (bicyclic) bond motifs is 1. The summed E-state index contributed by atoms with van der Waals surface area (Å²) in [5.74, 6) is 0.0685. The Morgan fingerprint density at radius 2 is 1.86 bits per heavy atom. The van der Waals surface area contributed by atoms with E-state index < -0.39 is 5.97 Å². The van der Waals surface area contributed by atoms with E-state index in [0.29, 0.717) is 30.2 Å². The number of ether oxygens (including phenoxy) is 3. The number of para-hydroxylation sites is 1. The summed E-state index contributed by atoms with van der Waals surface area (Å²) in [6, 6.07) is 7.15. The number of carboxylic acids is 1. The van der Waals surface area contributed by atoms with Crippen LogP contribution in [0.15, 0.2) is 24.3 Å². The van der Waals surface area contributed by atoms with E-state index >= 15 is 0 Å². The van der Waals surface area contributed by atoms with Gasteiger partial charge in [-0.15, -0.1) is 0 Å². The van der Waals surface area contributed by atoms with Gasteiger partial charge in [0.15, 0.2) is 5.69 Å². The molecule has 1 aromatic heterocycles. The van der Waals surface area contributed by atoms with Crippen LogP contribution in [0.5, 0.6) is 11.5 Å². The van der Waals surface area contributed by atoms with Gasteiger partial charge in [-0.1, -0.05) is 25.3 Å². The Bertz CT molecular complexity index is 784. The van der Waals surface area contributed by atoms with Gasteiger partial charge in [0.1, 0.15) is 17.0 Å². The number of rotatable bonds is 8. The second-order valence-corrected chi connectivity index (χ2v) is 7.24. The third kappa shape index (κ3) is 5.35. The molecule has 0 bridgehead atoms. The molecular formula is C22H29NO5. The van der Waals surface area contributed by atoms with Crippen LogP contribution >= 0.6 is 0 Å². The fourth-order valence-electron chi connectivity index (χ4n) is 3.62. The quantitative estimate of drug-likeness (QED) is 0.653. The van der Waals surface area contributed by atoms with Gasteiger partial charge in [0, 0.05) is 31.6 Å². The molecule has 0 unspecified atom stereocenters. The molecule has 0 radical (unpaired) electrons. The lowest BCUT2D eigenvalue weighted by atomic mass is 9.98. The Balaban J connectivity index is 1.89. The molecule has 1 N–H and O–H groups in total. The van der Waals surface area contributed by atoms with Crippen molar-refractivity contribution in [3.05, 3.63) is 30.0 Å². The average Bonchev–Trinajstić information content (AvgIpc) is 2.67. The number of nitrogens with zero attached hydrogens (tertiary/aromatic N) is 1. The zero-order valence-electron chi connectivity index (χ0n) is 16.5. The van der Waals surface area contributed by atoms with Crippen molar-refractivity contribution in [1.29, 1.82) is 0 Å². The molecule has 1 aliphatic rings. The van der Waals surface area contributed by atoms with Crippen molar-refractivity contribution in [2.24, 2.45) is 0 Å². The molecule has 1 saturated carbocycles. The number of aromatic nitrogens is 1. The molecule has 6 nitrogen and oxygen atoms in total. The highest BCUT2D eigenvalue weighted by atomic mass is 16.5. The molecule has 152 valence electrons. The Labute approximate surface area is 165 Å². The van der Waals surface area contributed by atoms with Crippen molar-refractivity contribution in [2.45, 2.75) is 57.5 Å². The standard InChI is InChI=1S/C22H29NO5/c1-26-13-8-14-27-20-15-18(22(24)25)23-21-17(20)11-7-12-19(21)28-16-9-5-3-2-4-6-10-16/h7,11-12,15-16H,2-6,8-10,13-14H2,1H3,(H,24,25). The molecule has 1 aliphatic carbocycles. The second-order valence-electron chi connectivity index (χ2n) is 7.24. The molecule has 0 atom stereocenters. The fraction of sp³-hybridized carbons (Fsp3) is 0.545. The van der Waals surface area contributed by atoms with Gasteiger partial charge >= 0.3 is 5.97 Å². The van der Waals surface area contributed by atoms with Crippen molar-refractivity contribution < 1.29 is 24.1 Å². The lowest BCUT2D eigenvalue weighted by Gasteiger charge is -2.22. The maximum Gasteiger partial charge on any atom is 0.354 e. The number of aromatic carboxylic acids is 1. The molecule has 1 aromatic carbocycles. The summed E-state index contributed by atoms with van der Waals surface area (Å²) in [4.78, 5) is 15.9. The van der Waals surface area contributed by atoms with Crippen LogP contribution in [0.2, 0.25) is 0 Å². The van der Waals surface area contributed by atoms with Gasteiger partial charge in [-0.25, -0.2) is 9.78 Å². The summed E-state index contributed by atoms with van der Waals surface area (Å²) < 4.78 is 17.2. The first kappa shape index (κ1) is 20.4. The van der Waals surface area contributed by atoms with Gasteiger partial charge in [0.25, 0.3) is 0 Å². The van der Waals surface area contributed by atoms with E-state index in [-0.39, 0.29) is 11.8 Å². The molecule has 0 amide bonds. The predicted octanol–water partition coefficient (Wildman–Crippen LogP) is 4.84. The van der Waals surface area contributed by atoms with E-state index in [1.165, 1.54) is 25.3 Å². The minimum Gasteiger partial charge on any atom is -0.493 e. The summed E-state index contributed by atoms with van der Waals surface area (Å²) in [7, 11) is 1.64. The minimum absolute atomic E-state index is 0.0389. The molecular weight excluding hydrogens is 358 g/mol. The van der Waals surface area contributed by atoms with Crippen molar-refractivity contribution in [1.82, 2.24) is 4.98 Å². The van der Waals surface area contributed by atoms with Crippen molar-refractivity contribution >= 4 is 16.9 Å². The van der Waals surface area contributed by atoms with Crippen LogP contribution in [0.4, 0.5) is 0 Å². The first-order valence-electron chi connectivity index (χ1n) is 10.1. The van der Waals surface area contributed by atoms with Crippen molar-refractivity contribution in [2.75, 3.05) is 20.3 Å². The number of hydrogen-bond acceptors (Lipinski definition) is 5. The molecule has 28 heavy (non-hydrogen) atoms. The molecule has 0 saturated heterocycles. The van der Waals surface area contributed by atoms with Crippen LogP contribution in [0.25, 0.3) is 10.9 Å². The summed E-state index contributed by atoms with van der Waals surface area (Å²) in [5, 5.41) is 10.2. The molecule has 1 fully saturated rings. The van der Waals surface area contributed by atoms with E-state index in [1.807, 2.05) is 18.2 Å². The monoisotopic (exact) mass is 387 g/mol. The fourth-order valence-corrected chi connectivity index (χ4v) is 3.62. The lowest BCUT2D eigenvalue weighted by molar-refractivity contribution is 0.0690. The SMILES string of the molecule is COCCCOc1cc(C(=O)O)nc2c(OC3CCCCCCC3)cccc12. The normalized spacial score (nSPS) is 15.8. The van der Waals surface area contributed by atoms with E-state index in [2.05, 4.69) is 4.98 Å². The third-order valence-corrected chi connectivity index (χ3v) is 5.08. The Morgan fingerprint density at radius 1 is 1.11 bits per heavy atom. The molecule has 1 heterocycles. The predicted molar refractivity (Wildman–Crippen MR) is 107 cm³/mol. The summed E-state index contributed by atoms with van der Waals surface area (Å²) >= 11 is 0. The number of carboxylic acid groups (broad SMARTS) is 1. The van der Waals surface area contributed by atoms with Gasteiger partial charge < -0.3 is 19.3 Å². The average molecular weight is 387 g/mol. The number of pyridine rings is 1. The highest BCUT2D eigenvalue weighted by molar-refractivity contribution is 5.95. The van der Waals surface area contributed by atoms with E-state index in [1.54, 1.807) is 7.11 Å². The van der Waals surface area contributed by atoms with Crippen LogP contribution in [-0.2, 0) is 4.74 Å². The van der Waals surface area contributed by atoms with Gasteiger partial charge in [-0.3, -0.25) is 0 Å². The summed E-state index contributed by atoms with van der Waals surface area (Å²) in [6.07, 6.45) is 9.04. The number of methoxy groups -OCH3 is 1. The van der Waals surface area contributed by atoms with Crippen LogP contribution in [0, 0.1) is 0 Å². The molecule has 6 heteroatoms. The van der Waals surface area contributed by atoms with E-state index in [0.717, 1.165) is 37.5 Å². The highest BCUT2D eigenvalue weighted by Crippen LogP contribution is 2.33. The van der Waals surface area contributed by atoms with Gasteiger partial charge in [0.2, 0.25) is 0 Å². The van der Waals surface area contributed by atoms with Crippen molar-refractivity contribution in [3.8, 4) is 11.5 Å². The largest absolute Gasteiger partial charge is 0.493 e. The van der Waals surface area contributed by atoms with Gasteiger partial charge in [0.05, 0.1) is 12.7 Å². The smallest absolute Gasteiger partial charge is 0.354 e. The van der Waals surface area contributed by atoms with Crippen LogP contribution in [0.3, 0.4) is 0 Å². The van der Waals surface area contributed by atoms with Gasteiger partial charge in [-0.2, -0.15) is 0 Å². The lowest BCUT2D eigenvalue weighted by Crippen LogP contribution is -2.18. The number of hydrogen-bond donors (Lipinski definition) is 1. The maximum absolute atomic E-state index is 11.6. The van der Waals surface area contributed by atoms with E-state index in [4.69, 9.17) is 14.2 Å². The first-order valence-corrected chi connectivity index (χ1v) is 10.1. The zero-order valence-corrected chi connectivity index (χ0v) is 16.5. The van der Waals surface area contributed by atoms with Crippen LogP contribution in [0.1, 0.15) is 61.9 Å². The Hall–Kier alpha value is -2.34. The Morgan fingerprint density at radius 3 is 2.57 bits per heavy atom. The summed E-state index contributed by atoms with van der Waals surface area (Å²) in [6.45, 7) is 1.03. The van der Waals surface area contributed by atoms with Gasteiger partial charge in [-0.05, 0) is 37.8 Å². The van der Waals surface area contributed by atoms with E-state index in [9.17, 15) is 9.90 Å². The second kappa shape index (κ2) is 10.3. The van der Waals surface area contributed by atoms with Crippen molar-refractivity contribution in [3.63, 3.8) is 0 Å². The zero-order chi connectivity index (χ0) is 19.8. The maximum atomic E-state index is 11.6. The first-order chi connectivity index (χ1) is 13.7. The summed E-state index contributed by atoms with van der Waals surface area (Å²) in [5.41, 5.74) is 0.508. The molecule has 0 aliphatic heterocycles. The molecule has 2 aromatic rings. The topological polar surface area (TPSA) is 77.9 Å².